The van der Waals surface area contributed by atoms with Gasteiger partial charge in [0.05, 0.1) is 5.69 Å². The minimum Gasteiger partial charge on any atom is -0.339 e. The van der Waals surface area contributed by atoms with Gasteiger partial charge in [0, 0.05) is 29.9 Å². The van der Waals surface area contributed by atoms with Crippen molar-refractivity contribution >= 4 is 23.2 Å². The topological polar surface area (TPSA) is 62.5 Å². The molecule has 6 nitrogen and oxygen atoms in total. The van der Waals surface area contributed by atoms with Gasteiger partial charge in [-0.1, -0.05) is 36.4 Å². The lowest BCUT2D eigenvalue weighted by atomic mass is 10.1. The van der Waals surface area contributed by atoms with Crippen molar-refractivity contribution in [1.29, 1.82) is 0 Å². The fraction of sp³-hybridized carbons (Fsp3) is 0.208. The van der Waals surface area contributed by atoms with Crippen molar-refractivity contribution in [2.45, 2.75) is 19.3 Å². The highest BCUT2D eigenvalue weighted by Crippen LogP contribution is 2.23. The largest absolute Gasteiger partial charge is 0.339 e. The molecule has 2 aromatic heterocycles. The monoisotopic (exact) mass is 397 g/mol. The maximum atomic E-state index is 12.7. The summed E-state index contributed by atoms with van der Waals surface area (Å²) >= 11 is 0. The number of fused-ring (bicyclic) bond motifs is 1. The number of pyridine rings is 1. The number of carbonyl (C=O) groups is 1. The van der Waals surface area contributed by atoms with Crippen molar-refractivity contribution in [3.05, 3.63) is 78.4 Å². The van der Waals surface area contributed by atoms with Crippen LogP contribution in [0.25, 0.3) is 16.9 Å². The number of hydrogen-bond donors (Lipinski definition) is 1. The Morgan fingerprint density at radius 2 is 1.60 bits per heavy atom. The third kappa shape index (κ3) is 3.64. The molecule has 6 heteroatoms. The number of rotatable bonds is 4. The quantitative estimate of drug-likeness (QED) is 0.539. The van der Waals surface area contributed by atoms with E-state index in [4.69, 9.17) is 0 Å². The molecule has 5 rings (SSSR count). The van der Waals surface area contributed by atoms with Crippen LogP contribution in [0.15, 0.2) is 72.8 Å². The van der Waals surface area contributed by atoms with Gasteiger partial charge in [0.25, 0.3) is 5.91 Å². The molecule has 0 aliphatic carbocycles. The van der Waals surface area contributed by atoms with Crippen LogP contribution in [0.4, 0.5) is 11.6 Å². The first-order chi connectivity index (χ1) is 14.8. The van der Waals surface area contributed by atoms with Crippen LogP contribution in [0.5, 0.6) is 0 Å². The fourth-order valence-corrected chi connectivity index (χ4v) is 3.89. The second kappa shape index (κ2) is 7.99. The maximum Gasteiger partial charge on any atom is 0.253 e. The lowest BCUT2D eigenvalue weighted by molar-refractivity contribution is 0.0724. The second-order valence-corrected chi connectivity index (χ2v) is 7.54. The molecule has 0 radical (unpaired) electrons. The fourth-order valence-electron chi connectivity index (χ4n) is 3.89. The van der Waals surface area contributed by atoms with Crippen molar-refractivity contribution < 1.29 is 4.79 Å². The summed E-state index contributed by atoms with van der Waals surface area (Å²) in [5, 5.41) is 7.87. The number of nitrogens with one attached hydrogen (secondary N) is 1. The number of benzene rings is 2. The van der Waals surface area contributed by atoms with E-state index in [0.717, 1.165) is 54.1 Å². The zero-order chi connectivity index (χ0) is 20.3. The minimum atomic E-state index is 0.120. The molecule has 1 saturated heterocycles. The van der Waals surface area contributed by atoms with Crippen molar-refractivity contribution in [1.82, 2.24) is 19.5 Å². The van der Waals surface area contributed by atoms with Crippen LogP contribution in [0.2, 0.25) is 0 Å². The van der Waals surface area contributed by atoms with Crippen LogP contribution in [-0.2, 0) is 0 Å². The first-order valence-corrected chi connectivity index (χ1v) is 10.4. The number of anilines is 2. The highest BCUT2D eigenvalue weighted by atomic mass is 16.2. The van der Waals surface area contributed by atoms with Crippen molar-refractivity contribution in [2.24, 2.45) is 0 Å². The molecule has 3 heterocycles. The summed E-state index contributed by atoms with van der Waals surface area (Å²) in [6.07, 6.45) is 3.40. The number of amides is 1. The third-order valence-electron chi connectivity index (χ3n) is 5.46. The Bertz CT molecular complexity index is 1160. The molecule has 0 unspecified atom stereocenters. The molecule has 0 spiro atoms. The van der Waals surface area contributed by atoms with Gasteiger partial charge in [-0.05, 0) is 55.7 Å². The summed E-state index contributed by atoms with van der Waals surface area (Å²) in [6, 6.07) is 23.6. The molecule has 1 aliphatic heterocycles. The van der Waals surface area contributed by atoms with Crippen LogP contribution in [0, 0.1) is 0 Å². The highest BCUT2D eigenvalue weighted by Gasteiger charge is 2.18. The zero-order valence-electron chi connectivity index (χ0n) is 16.7. The molecule has 30 heavy (non-hydrogen) atoms. The van der Waals surface area contributed by atoms with Gasteiger partial charge in [0.2, 0.25) is 5.95 Å². The molecule has 1 amide bonds. The Balaban J connectivity index is 1.42. The van der Waals surface area contributed by atoms with E-state index >= 15 is 0 Å². The molecule has 1 aliphatic rings. The summed E-state index contributed by atoms with van der Waals surface area (Å²) in [7, 11) is 0. The molecular weight excluding hydrogens is 374 g/mol. The Kier molecular flexibility index (Phi) is 4.89. The molecule has 0 bridgehead atoms. The first kappa shape index (κ1) is 18.4. The van der Waals surface area contributed by atoms with E-state index in [-0.39, 0.29) is 5.91 Å². The Morgan fingerprint density at radius 1 is 0.833 bits per heavy atom. The van der Waals surface area contributed by atoms with Crippen LogP contribution >= 0.6 is 0 Å². The lowest BCUT2D eigenvalue weighted by Crippen LogP contribution is -2.35. The van der Waals surface area contributed by atoms with Gasteiger partial charge < -0.3 is 10.2 Å². The van der Waals surface area contributed by atoms with Crippen LogP contribution in [0.1, 0.15) is 29.6 Å². The number of nitrogens with zero attached hydrogens (tertiary/aromatic N) is 4. The van der Waals surface area contributed by atoms with Crippen molar-refractivity contribution in [2.75, 3.05) is 18.4 Å². The number of para-hydroxylation sites is 1. The molecule has 0 saturated carbocycles. The maximum absolute atomic E-state index is 12.7. The molecule has 2 aromatic carbocycles. The smallest absolute Gasteiger partial charge is 0.253 e. The standard InChI is InChI=1S/C24H23N5O/c30-23(28-16-5-2-6-17-28)19-14-12-18(13-15-19)21-10-7-11-22-26-24(27-29(21)22)25-20-8-3-1-4-9-20/h1,3-4,7-15H,2,5-6,16-17H2,(H,25,27). The Hall–Kier alpha value is -3.67. The molecule has 1 N–H and O–H groups in total. The predicted octanol–water partition coefficient (Wildman–Crippen LogP) is 4.77. The normalized spacial score (nSPS) is 14.1. The molecule has 150 valence electrons. The van der Waals surface area contributed by atoms with E-state index in [2.05, 4.69) is 15.4 Å². The third-order valence-corrected chi connectivity index (χ3v) is 5.46. The van der Waals surface area contributed by atoms with E-state index in [1.165, 1.54) is 6.42 Å². The number of hydrogen-bond acceptors (Lipinski definition) is 4. The van der Waals surface area contributed by atoms with E-state index in [9.17, 15) is 4.79 Å². The van der Waals surface area contributed by atoms with Gasteiger partial charge in [-0.2, -0.15) is 4.98 Å². The van der Waals surface area contributed by atoms with E-state index in [1.54, 1.807) is 0 Å². The van der Waals surface area contributed by atoms with E-state index in [0.29, 0.717) is 5.95 Å². The summed E-state index contributed by atoms with van der Waals surface area (Å²) in [4.78, 5) is 19.3. The van der Waals surface area contributed by atoms with Gasteiger partial charge in [-0.15, -0.1) is 5.10 Å². The summed E-state index contributed by atoms with van der Waals surface area (Å²) in [5.41, 5.74) is 4.36. The first-order valence-electron chi connectivity index (χ1n) is 10.4. The van der Waals surface area contributed by atoms with Crippen LogP contribution < -0.4 is 5.32 Å². The molecule has 1 fully saturated rings. The highest BCUT2D eigenvalue weighted by molar-refractivity contribution is 5.94. The predicted molar refractivity (Wildman–Crippen MR) is 118 cm³/mol. The lowest BCUT2D eigenvalue weighted by Gasteiger charge is -2.26. The minimum absolute atomic E-state index is 0.120. The summed E-state index contributed by atoms with van der Waals surface area (Å²) < 4.78 is 1.83. The Morgan fingerprint density at radius 3 is 2.37 bits per heavy atom. The SMILES string of the molecule is O=C(c1ccc(-c2cccc3nc(Nc4ccccc4)nn23)cc1)N1CCCCC1. The van der Waals surface area contributed by atoms with E-state index < -0.39 is 0 Å². The second-order valence-electron chi connectivity index (χ2n) is 7.54. The Labute approximate surface area is 175 Å². The zero-order valence-corrected chi connectivity index (χ0v) is 16.7. The number of aromatic nitrogens is 3. The van der Waals surface area contributed by atoms with Gasteiger partial charge in [-0.25, -0.2) is 4.52 Å². The molecule has 4 aromatic rings. The number of piperidine rings is 1. The van der Waals surface area contributed by atoms with Crippen molar-refractivity contribution in [3.8, 4) is 11.3 Å². The van der Waals surface area contributed by atoms with Crippen LogP contribution in [-0.4, -0.2) is 38.5 Å². The summed E-state index contributed by atoms with van der Waals surface area (Å²) in [5.74, 6) is 0.667. The average Bonchev–Trinajstić information content (AvgIpc) is 3.22. The molecular formula is C24H23N5O. The van der Waals surface area contributed by atoms with Gasteiger partial charge in [-0.3, -0.25) is 4.79 Å². The molecule has 0 atom stereocenters. The van der Waals surface area contributed by atoms with E-state index in [1.807, 2.05) is 82.2 Å². The average molecular weight is 397 g/mol. The van der Waals surface area contributed by atoms with Crippen molar-refractivity contribution in [3.63, 3.8) is 0 Å². The summed E-state index contributed by atoms with van der Waals surface area (Å²) in [6.45, 7) is 1.71. The van der Waals surface area contributed by atoms with Gasteiger partial charge >= 0.3 is 0 Å². The number of likely N-dealkylation sites (tertiary alicyclic amines) is 1. The van der Waals surface area contributed by atoms with Gasteiger partial charge in [0.1, 0.15) is 0 Å². The van der Waals surface area contributed by atoms with Crippen LogP contribution in [0.3, 0.4) is 0 Å². The number of carbonyl (C=O) groups excluding carboxylic acids is 1. The van der Waals surface area contributed by atoms with Gasteiger partial charge in [0.15, 0.2) is 5.65 Å².